The van der Waals surface area contributed by atoms with Gasteiger partial charge in [0.15, 0.2) is 8.32 Å². The van der Waals surface area contributed by atoms with Crippen LogP contribution in [-0.2, 0) is 4.43 Å². The average molecular weight is 360 g/mol. The van der Waals surface area contributed by atoms with Crippen LogP contribution in [0.3, 0.4) is 0 Å². The zero-order valence-electron chi connectivity index (χ0n) is 15.2. The normalized spacial score (nSPS) is 19.1. The van der Waals surface area contributed by atoms with Crippen LogP contribution in [0, 0.1) is 17.4 Å². The Morgan fingerprint density at radius 1 is 1.46 bits per heavy atom. The molecule has 138 valence electrons. The van der Waals surface area contributed by atoms with Gasteiger partial charge in [-0.25, -0.2) is 4.79 Å². The molecule has 0 spiro atoms. The quantitative estimate of drug-likeness (QED) is 0.286. The number of nitrogens with zero attached hydrogens (tertiary/aromatic N) is 2. The minimum atomic E-state index is -2.18. The average Bonchev–Trinajstić information content (AvgIpc) is 3.27. The Hall–Kier alpha value is -1.28. The van der Waals surface area contributed by atoms with Gasteiger partial charge in [-0.3, -0.25) is 0 Å². The SMILES string of the molecule is CC(C)(C)[Si](C)(C)O[C@H]([C@H](CN=[N+]=N)C1CC1)[C@@H](CO)NC(=O)O. The summed E-state index contributed by atoms with van der Waals surface area (Å²) >= 11 is 0. The number of hydrogen-bond donors (Lipinski definition) is 4. The number of amides is 1. The summed E-state index contributed by atoms with van der Waals surface area (Å²) in [5, 5.41) is 25.0. The van der Waals surface area contributed by atoms with Crippen molar-refractivity contribution in [3.05, 3.63) is 0 Å². The van der Waals surface area contributed by atoms with Gasteiger partial charge in [-0.2, -0.15) is 0 Å². The molecule has 0 aromatic heterocycles. The maximum Gasteiger partial charge on any atom is 0.405 e. The van der Waals surface area contributed by atoms with E-state index >= 15 is 0 Å². The molecule has 4 N–H and O–H groups in total. The Morgan fingerprint density at radius 2 is 2.04 bits per heavy atom. The monoisotopic (exact) mass is 359 g/mol. The maximum absolute atomic E-state index is 11.1. The molecule has 1 aliphatic rings. The summed E-state index contributed by atoms with van der Waals surface area (Å²) in [4.78, 5) is 14.2. The lowest BCUT2D eigenvalue weighted by Gasteiger charge is -2.43. The Morgan fingerprint density at radius 3 is 2.42 bits per heavy atom. The van der Waals surface area contributed by atoms with Crippen LogP contribution in [0.15, 0.2) is 5.11 Å². The van der Waals surface area contributed by atoms with Gasteiger partial charge in [0, 0.05) is 5.92 Å². The third kappa shape index (κ3) is 5.66. The van der Waals surface area contributed by atoms with E-state index in [1.807, 2.05) is 0 Å². The van der Waals surface area contributed by atoms with Crippen LogP contribution < -0.4 is 10.2 Å². The fourth-order valence-electron chi connectivity index (χ4n) is 2.56. The first-order chi connectivity index (χ1) is 11.0. The number of rotatable bonds is 9. The van der Waals surface area contributed by atoms with Crippen molar-refractivity contribution in [2.75, 3.05) is 13.2 Å². The smallest absolute Gasteiger partial charge is 0.405 e. The van der Waals surface area contributed by atoms with Gasteiger partial charge >= 0.3 is 6.09 Å². The molecule has 0 aromatic rings. The molecule has 0 saturated heterocycles. The lowest BCUT2D eigenvalue weighted by molar-refractivity contribution is 0.0465. The molecule has 1 aliphatic carbocycles. The van der Waals surface area contributed by atoms with Gasteiger partial charge in [0.05, 0.1) is 18.8 Å². The lowest BCUT2D eigenvalue weighted by atomic mass is 9.92. The third-order valence-electron chi connectivity index (χ3n) is 5.15. The summed E-state index contributed by atoms with van der Waals surface area (Å²) in [6, 6.07) is -0.719. The standard InChI is InChI=1S/C15H30N4O4Si/c1-15(2,3)24(4,5)23-13(12(9-20)18-14(21)22)11(8-17-19-16)10-6-7-10/h10-13,16,18,20H,6-9H2,1-5H3/p+1/t11-,12-,13-/m1/s1. The first-order valence-corrected chi connectivity index (χ1v) is 11.3. The van der Waals surface area contributed by atoms with Gasteiger partial charge in [0.25, 0.3) is 0 Å². The molecule has 0 aromatic carbocycles. The highest BCUT2D eigenvalue weighted by Crippen LogP contribution is 2.44. The molecule has 3 atom stereocenters. The molecular weight excluding hydrogens is 328 g/mol. The number of carboxylic acid groups (broad SMARTS) is 1. The van der Waals surface area contributed by atoms with E-state index < -0.39 is 26.6 Å². The van der Waals surface area contributed by atoms with Crippen LogP contribution >= 0.6 is 0 Å². The van der Waals surface area contributed by atoms with E-state index in [4.69, 9.17) is 15.1 Å². The zero-order chi connectivity index (χ0) is 18.5. The third-order valence-corrected chi connectivity index (χ3v) is 9.63. The van der Waals surface area contributed by atoms with Gasteiger partial charge in [-0.1, -0.05) is 20.8 Å². The van der Waals surface area contributed by atoms with Crippen molar-refractivity contribution in [1.82, 2.24) is 10.2 Å². The molecule has 9 heteroatoms. The number of hydrogen-bond acceptors (Lipinski definition) is 5. The van der Waals surface area contributed by atoms with E-state index in [0.29, 0.717) is 12.5 Å². The molecule has 0 radical (unpaired) electrons. The van der Waals surface area contributed by atoms with Gasteiger partial charge in [-0.15, -0.1) is 0 Å². The Labute approximate surface area is 144 Å². The van der Waals surface area contributed by atoms with Crippen molar-refractivity contribution < 1.29 is 19.4 Å². The van der Waals surface area contributed by atoms with Crippen LogP contribution in [0.1, 0.15) is 33.6 Å². The highest BCUT2D eigenvalue weighted by Gasteiger charge is 2.47. The summed E-state index contributed by atoms with van der Waals surface area (Å²) in [7, 11) is -2.18. The van der Waals surface area contributed by atoms with E-state index in [2.05, 4.69) is 49.2 Å². The Balaban J connectivity index is 3.12. The molecule has 0 heterocycles. The van der Waals surface area contributed by atoms with Crippen molar-refractivity contribution in [3.63, 3.8) is 0 Å². The fraction of sp³-hybridized carbons (Fsp3) is 0.933. The van der Waals surface area contributed by atoms with Crippen molar-refractivity contribution in [2.45, 2.75) is 63.9 Å². The van der Waals surface area contributed by atoms with Gasteiger partial charge in [0.2, 0.25) is 4.91 Å². The van der Waals surface area contributed by atoms with Crippen molar-refractivity contribution >= 4 is 14.4 Å². The Bertz CT molecular complexity index is 484. The Kier molecular flexibility index (Phi) is 7.09. The largest absolute Gasteiger partial charge is 0.465 e. The van der Waals surface area contributed by atoms with Crippen LogP contribution in [0.2, 0.25) is 18.1 Å². The first kappa shape index (κ1) is 20.8. The van der Waals surface area contributed by atoms with Crippen LogP contribution in [0.4, 0.5) is 4.79 Å². The fourth-order valence-corrected chi connectivity index (χ4v) is 3.93. The van der Waals surface area contributed by atoms with E-state index in [0.717, 1.165) is 12.8 Å². The molecule has 1 fully saturated rings. The summed E-state index contributed by atoms with van der Waals surface area (Å²) in [5.74, 6) is 0.312. The molecule has 0 aliphatic heterocycles. The van der Waals surface area contributed by atoms with Crippen LogP contribution in [0.25, 0.3) is 0 Å². The van der Waals surface area contributed by atoms with Gasteiger partial charge in [0.1, 0.15) is 17.2 Å². The molecule has 0 unspecified atom stereocenters. The second-order valence-electron chi connectivity index (χ2n) is 8.01. The lowest BCUT2D eigenvalue weighted by Crippen LogP contribution is -2.56. The predicted octanol–water partition coefficient (Wildman–Crippen LogP) is 2.58. The molecule has 1 amide bonds. The minimum Gasteiger partial charge on any atom is -0.465 e. The molecule has 1 saturated carbocycles. The van der Waals surface area contributed by atoms with Gasteiger partial charge < -0.3 is 20.0 Å². The maximum atomic E-state index is 11.1. The van der Waals surface area contributed by atoms with E-state index in [9.17, 15) is 9.90 Å². The highest BCUT2D eigenvalue weighted by atomic mass is 28.4. The van der Waals surface area contributed by atoms with Crippen molar-refractivity contribution in [1.29, 1.82) is 5.53 Å². The van der Waals surface area contributed by atoms with Crippen LogP contribution in [0.5, 0.6) is 0 Å². The molecule has 24 heavy (non-hydrogen) atoms. The van der Waals surface area contributed by atoms with E-state index in [-0.39, 0.29) is 17.6 Å². The minimum absolute atomic E-state index is 0.0421. The second-order valence-corrected chi connectivity index (χ2v) is 12.8. The molecule has 8 nitrogen and oxygen atoms in total. The van der Waals surface area contributed by atoms with Crippen molar-refractivity contribution in [3.8, 4) is 0 Å². The van der Waals surface area contributed by atoms with E-state index in [1.54, 1.807) is 0 Å². The highest BCUT2D eigenvalue weighted by molar-refractivity contribution is 6.74. The number of carbonyl (C=O) groups is 1. The predicted molar refractivity (Wildman–Crippen MR) is 92.5 cm³/mol. The van der Waals surface area contributed by atoms with Crippen LogP contribution in [-0.4, -0.2) is 49.9 Å². The summed E-state index contributed by atoms with van der Waals surface area (Å²) in [6.07, 6.45) is 0.390. The molecule has 0 bridgehead atoms. The van der Waals surface area contributed by atoms with Gasteiger partial charge in [-0.05, 0) is 36.9 Å². The van der Waals surface area contributed by atoms with E-state index in [1.165, 1.54) is 0 Å². The van der Waals surface area contributed by atoms with Crippen molar-refractivity contribution in [2.24, 2.45) is 17.0 Å². The molecular formula is C15H31N4O4Si+. The number of aliphatic hydroxyl groups is 1. The number of nitrogens with one attached hydrogen (secondary N) is 2. The summed E-state index contributed by atoms with van der Waals surface area (Å²) in [6.45, 7) is 10.5. The topological polar surface area (TPSA) is 129 Å². The second kappa shape index (κ2) is 8.20. The first-order valence-electron chi connectivity index (χ1n) is 8.35. The summed E-state index contributed by atoms with van der Waals surface area (Å²) in [5.41, 5.74) is 6.91. The zero-order valence-corrected chi connectivity index (χ0v) is 16.2. The number of aliphatic hydroxyl groups excluding tert-OH is 1. The summed E-state index contributed by atoms with van der Waals surface area (Å²) < 4.78 is 6.51. The molecule has 1 rings (SSSR count).